The second-order valence-electron chi connectivity index (χ2n) is 4.40. The van der Waals surface area contributed by atoms with Gasteiger partial charge in [0.25, 0.3) is 5.91 Å². The van der Waals surface area contributed by atoms with Gasteiger partial charge >= 0.3 is 0 Å². The minimum absolute atomic E-state index is 0.0743. The number of hydrogen-bond acceptors (Lipinski definition) is 3. The van der Waals surface area contributed by atoms with E-state index in [0.29, 0.717) is 25.0 Å². The summed E-state index contributed by atoms with van der Waals surface area (Å²) in [5.41, 5.74) is -1.71. The van der Waals surface area contributed by atoms with Crippen molar-refractivity contribution in [3.63, 3.8) is 0 Å². The van der Waals surface area contributed by atoms with E-state index in [1.807, 2.05) is 0 Å². The molecule has 0 bridgehead atoms. The third-order valence-electron chi connectivity index (χ3n) is 3.16. The van der Waals surface area contributed by atoms with Crippen LogP contribution in [-0.4, -0.2) is 28.3 Å². The van der Waals surface area contributed by atoms with Gasteiger partial charge in [0.15, 0.2) is 0 Å². The van der Waals surface area contributed by atoms with Crippen LogP contribution < -0.4 is 5.32 Å². The zero-order valence-corrected chi connectivity index (χ0v) is 10.8. The number of rotatable bonds is 5. The SMILES string of the molecule is CCC(O)(CC)CNC(=O)c1c(O)cc(F)cc1F. The number of amides is 1. The van der Waals surface area contributed by atoms with Crippen LogP contribution in [0.1, 0.15) is 37.0 Å². The number of benzene rings is 1. The van der Waals surface area contributed by atoms with Crippen molar-refractivity contribution in [1.82, 2.24) is 5.32 Å². The molecular formula is C13H17F2NO3. The highest BCUT2D eigenvalue weighted by Gasteiger charge is 2.25. The van der Waals surface area contributed by atoms with E-state index >= 15 is 0 Å². The van der Waals surface area contributed by atoms with Gasteiger partial charge in [-0.25, -0.2) is 8.78 Å². The van der Waals surface area contributed by atoms with Crippen LogP contribution in [0.5, 0.6) is 5.75 Å². The van der Waals surface area contributed by atoms with Crippen molar-refractivity contribution in [2.75, 3.05) is 6.54 Å². The van der Waals surface area contributed by atoms with E-state index in [9.17, 15) is 23.8 Å². The Bertz CT molecular complexity index is 450. The van der Waals surface area contributed by atoms with Gasteiger partial charge in [-0.05, 0) is 12.8 Å². The maximum absolute atomic E-state index is 13.4. The average molecular weight is 273 g/mol. The topological polar surface area (TPSA) is 69.6 Å². The van der Waals surface area contributed by atoms with Crippen molar-refractivity contribution in [3.8, 4) is 5.75 Å². The number of phenols is 1. The normalized spacial score (nSPS) is 11.4. The minimum Gasteiger partial charge on any atom is -0.507 e. The lowest BCUT2D eigenvalue weighted by Crippen LogP contribution is -2.42. The van der Waals surface area contributed by atoms with Crippen molar-refractivity contribution in [3.05, 3.63) is 29.3 Å². The van der Waals surface area contributed by atoms with Crippen LogP contribution in [0.2, 0.25) is 0 Å². The maximum Gasteiger partial charge on any atom is 0.258 e. The van der Waals surface area contributed by atoms with Gasteiger partial charge in [-0.2, -0.15) is 0 Å². The number of aliphatic hydroxyl groups is 1. The largest absolute Gasteiger partial charge is 0.507 e. The molecule has 0 saturated heterocycles. The number of carbonyl (C=O) groups excluding carboxylic acids is 1. The van der Waals surface area contributed by atoms with E-state index in [2.05, 4.69) is 5.32 Å². The molecule has 106 valence electrons. The molecule has 0 heterocycles. The van der Waals surface area contributed by atoms with Crippen LogP contribution in [0.4, 0.5) is 8.78 Å². The fourth-order valence-electron chi connectivity index (χ4n) is 1.62. The first-order valence-electron chi connectivity index (χ1n) is 6.01. The molecule has 0 spiro atoms. The molecule has 1 aromatic carbocycles. The second-order valence-corrected chi connectivity index (χ2v) is 4.40. The summed E-state index contributed by atoms with van der Waals surface area (Å²) in [5.74, 6) is -3.78. The Labute approximate surface area is 110 Å². The van der Waals surface area contributed by atoms with E-state index < -0.39 is 34.5 Å². The first-order valence-corrected chi connectivity index (χ1v) is 6.01. The molecule has 1 aromatic rings. The molecule has 3 N–H and O–H groups in total. The van der Waals surface area contributed by atoms with Gasteiger partial charge < -0.3 is 15.5 Å². The van der Waals surface area contributed by atoms with Crippen molar-refractivity contribution >= 4 is 5.91 Å². The van der Waals surface area contributed by atoms with Crippen LogP contribution in [0.3, 0.4) is 0 Å². The van der Waals surface area contributed by atoms with Gasteiger partial charge in [-0.3, -0.25) is 4.79 Å². The van der Waals surface area contributed by atoms with Crippen LogP contribution in [0.25, 0.3) is 0 Å². The smallest absolute Gasteiger partial charge is 0.258 e. The van der Waals surface area contributed by atoms with Crippen molar-refractivity contribution < 1.29 is 23.8 Å². The van der Waals surface area contributed by atoms with E-state index in [-0.39, 0.29) is 6.54 Å². The third kappa shape index (κ3) is 3.64. The molecule has 6 heteroatoms. The Morgan fingerprint density at radius 3 is 2.37 bits per heavy atom. The Hall–Kier alpha value is -1.69. The van der Waals surface area contributed by atoms with Crippen LogP contribution >= 0.6 is 0 Å². The number of aromatic hydroxyl groups is 1. The molecule has 0 aliphatic carbocycles. The molecule has 0 saturated carbocycles. The summed E-state index contributed by atoms with van der Waals surface area (Å²) in [6.45, 7) is 3.44. The highest BCUT2D eigenvalue weighted by molar-refractivity contribution is 5.97. The molecule has 0 atom stereocenters. The third-order valence-corrected chi connectivity index (χ3v) is 3.16. The molecule has 0 aliphatic heterocycles. The van der Waals surface area contributed by atoms with Gasteiger partial charge in [-0.1, -0.05) is 13.8 Å². The molecule has 0 aliphatic rings. The molecular weight excluding hydrogens is 256 g/mol. The Balaban J connectivity index is 2.85. The lowest BCUT2D eigenvalue weighted by Gasteiger charge is -2.25. The summed E-state index contributed by atoms with van der Waals surface area (Å²) in [5, 5.41) is 21.7. The van der Waals surface area contributed by atoms with E-state index in [1.54, 1.807) is 13.8 Å². The quantitative estimate of drug-likeness (QED) is 0.768. The average Bonchev–Trinajstić information content (AvgIpc) is 2.34. The van der Waals surface area contributed by atoms with Crippen LogP contribution in [-0.2, 0) is 0 Å². The predicted molar refractivity (Wildman–Crippen MR) is 65.9 cm³/mol. The van der Waals surface area contributed by atoms with Crippen LogP contribution in [0, 0.1) is 11.6 Å². The maximum atomic E-state index is 13.4. The fourth-order valence-corrected chi connectivity index (χ4v) is 1.62. The fraction of sp³-hybridized carbons (Fsp3) is 0.462. The number of hydrogen-bond donors (Lipinski definition) is 3. The molecule has 0 unspecified atom stereocenters. The molecule has 0 fully saturated rings. The van der Waals surface area contributed by atoms with Gasteiger partial charge in [0.2, 0.25) is 0 Å². The van der Waals surface area contributed by atoms with Crippen LogP contribution in [0.15, 0.2) is 12.1 Å². The monoisotopic (exact) mass is 273 g/mol. The number of nitrogens with one attached hydrogen (secondary N) is 1. The Morgan fingerprint density at radius 1 is 1.32 bits per heavy atom. The summed E-state index contributed by atoms with van der Waals surface area (Å²) < 4.78 is 26.2. The molecule has 4 nitrogen and oxygen atoms in total. The highest BCUT2D eigenvalue weighted by atomic mass is 19.1. The van der Waals surface area contributed by atoms with E-state index in [4.69, 9.17) is 0 Å². The number of carbonyl (C=O) groups is 1. The summed E-state index contributed by atoms with van der Waals surface area (Å²) in [6.07, 6.45) is 0.837. The second kappa shape index (κ2) is 5.97. The molecule has 1 rings (SSSR count). The van der Waals surface area contributed by atoms with Crippen molar-refractivity contribution in [2.24, 2.45) is 0 Å². The van der Waals surface area contributed by atoms with Gasteiger partial charge in [-0.15, -0.1) is 0 Å². The molecule has 1 amide bonds. The van der Waals surface area contributed by atoms with E-state index in [0.717, 1.165) is 0 Å². The molecule has 0 radical (unpaired) electrons. The van der Waals surface area contributed by atoms with Gasteiger partial charge in [0, 0.05) is 18.7 Å². The first kappa shape index (κ1) is 15.4. The zero-order chi connectivity index (χ0) is 14.6. The van der Waals surface area contributed by atoms with E-state index in [1.165, 1.54) is 0 Å². The summed E-state index contributed by atoms with van der Waals surface area (Å²) in [7, 11) is 0. The summed E-state index contributed by atoms with van der Waals surface area (Å²) in [6, 6.07) is 1.17. The first-order chi connectivity index (χ1) is 8.83. The van der Waals surface area contributed by atoms with Gasteiger partial charge in [0.1, 0.15) is 22.9 Å². The Kier molecular flexibility index (Phi) is 4.83. The summed E-state index contributed by atoms with van der Waals surface area (Å²) in [4.78, 5) is 11.7. The van der Waals surface area contributed by atoms with Crippen molar-refractivity contribution in [1.29, 1.82) is 0 Å². The lowest BCUT2D eigenvalue weighted by atomic mass is 9.97. The number of phenolic OH excluding ortho intramolecular Hbond substituents is 1. The van der Waals surface area contributed by atoms with Crippen molar-refractivity contribution in [2.45, 2.75) is 32.3 Å². The predicted octanol–water partition coefficient (Wildman–Crippen LogP) is 1.95. The minimum atomic E-state index is -1.15. The summed E-state index contributed by atoms with van der Waals surface area (Å²) >= 11 is 0. The molecule has 0 aromatic heterocycles. The number of halogens is 2. The van der Waals surface area contributed by atoms with Gasteiger partial charge in [0.05, 0.1) is 5.60 Å². The molecule has 19 heavy (non-hydrogen) atoms. The highest BCUT2D eigenvalue weighted by Crippen LogP contribution is 2.22. The standard InChI is InChI=1S/C13H17F2NO3/c1-3-13(19,4-2)7-16-12(18)11-9(15)5-8(14)6-10(11)17/h5-6,17,19H,3-4,7H2,1-2H3,(H,16,18). The lowest BCUT2D eigenvalue weighted by molar-refractivity contribution is 0.0312. The zero-order valence-electron chi connectivity index (χ0n) is 10.8. The Morgan fingerprint density at radius 2 is 1.89 bits per heavy atom.